The van der Waals surface area contributed by atoms with Crippen LogP contribution in [0.3, 0.4) is 0 Å². The van der Waals surface area contributed by atoms with Crippen molar-refractivity contribution in [3.05, 3.63) is 29.8 Å². The van der Waals surface area contributed by atoms with Gasteiger partial charge in [-0.1, -0.05) is 0 Å². The Morgan fingerprint density at radius 3 is 2.40 bits per heavy atom. The SMILES string of the molecule is N#Cc1ccc(S(=O)(=O)CCN2C(=O)CNC2=O)cc1. The Kier molecular flexibility index (Phi) is 3.72. The number of hydrogen-bond acceptors (Lipinski definition) is 5. The normalized spacial score (nSPS) is 15.1. The number of urea groups is 1. The van der Waals surface area contributed by atoms with Crippen molar-refractivity contribution >= 4 is 21.8 Å². The number of benzene rings is 1. The summed E-state index contributed by atoms with van der Waals surface area (Å²) in [5, 5.41) is 11.0. The summed E-state index contributed by atoms with van der Waals surface area (Å²) in [5.74, 6) is -0.789. The van der Waals surface area contributed by atoms with Crippen molar-refractivity contribution in [2.75, 3.05) is 18.8 Å². The van der Waals surface area contributed by atoms with Crippen LogP contribution in [-0.2, 0) is 14.6 Å². The highest BCUT2D eigenvalue weighted by Gasteiger charge is 2.29. The van der Waals surface area contributed by atoms with Crippen LogP contribution in [-0.4, -0.2) is 44.1 Å². The Hall–Kier alpha value is -2.40. The van der Waals surface area contributed by atoms with Gasteiger partial charge in [0.25, 0.3) is 0 Å². The predicted octanol–water partition coefficient (Wildman–Crippen LogP) is -0.116. The molecule has 1 aliphatic heterocycles. The van der Waals surface area contributed by atoms with Gasteiger partial charge in [0, 0.05) is 6.54 Å². The molecule has 0 aromatic heterocycles. The fraction of sp³-hybridized carbons (Fsp3) is 0.250. The highest BCUT2D eigenvalue weighted by atomic mass is 32.2. The Bertz CT molecular complexity index is 672. The van der Waals surface area contributed by atoms with Crippen LogP contribution < -0.4 is 5.32 Å². The van der Waals surface area contributed by atoms with Crippen LogP contribution in [0.25, 0.3) is 0 Å². The van der Waals surface area contributed by atoms with E-state index in [1.807, 2.05) is 6.07 Å². The second-order valence-corrected chi connectivity index (χ2v) is 6.27. The molecule has 2 rings (SSSR count). The number of sulfone groups is 1. The zero-order chi connectivity index (χ0) is 14.8. The molecule has 1 saturated heterocycles. The standard InChI is InChI=1S/C12H11N3O4S/c13-7-9-1-3-10(4-2-9)20(18,19)6-5-15-11(16)8-14-12(15)17/h1-4H,5-6,8H2,(H,14,17). The molecule has 104 valence electrons. The number of nitriles is 1. The first-order chi connectivity index (χ1) is 9.44. The van der Waals surface area contributed by atoms with Gasteiger partial charge in [-0.2, -0.15) is 5.26 Å². The second kappa shape index (κ2) is 5.30. The molecular weight excluding hydrogens is 282 g/mol. The smallest absolute Gasteiger partial charge is 0.324 e. The largest absolute Gasteiger partial charge is 0.329 e. The van der Waals surface area contributed by atoms with E-state index in [1.165, 1.54) is 24.3 Å². The maximum atomic E-state index is 12.0. The monoisotopic (exact) mass is 293 g/mol. The maximum absolute atomic E-state index is 12.0. The third-order valence-corrected chi connectivity index (χ3v) is 4.57. The molecule has 3 amide bonds. The third kappa shape index (κ3) is 2.78. The number of carbonyl (C=O) groups is 2. The molecule has 0 aliphatic carbocycles. The highest BCUT2D eigenvalue weighted by Crippen LogP contribution is 2.13. The molecular formula is C12H11N3O4S. The van der Waals surface area contributed by atoms with Gasteiger partial charge in [-0.15, -0.1) is 0 Å². The summed E-state index contributed by atoms with van der Waals surface area (Å²) >= 11 is 0. The van der Waals surface area contributed by atoms with Crippen molar-refractivity contribution in [1.82, 2.24) is 10.2 Å². The molecule has 20 heavy (non-hydrogen) atoms. The van der Waals surface area contributed by atoms with Crippen LogP contribution in [0.1, 0.15) is 5.56 Å². The Balaban J connectivity index is 2.09. The lowest BCUT2D eigenvalue weighted by Crippen LogP contribution is -2.35. The molecule has 0 radical (unpaired) electrons. The number of nitrogens with one attached hydrogen (secondary N) is 1. The first-order valence-electron chi connectivity index (χ1n) is 5.75. The molecule has 1 aliphatic rings. The van der Waals surface area contributed by atoms with Gasteiger partial charge < -0.3 is 5.32 Å². The van der Waals surface area contributed by atoms with E-state index >= 15 is 0 Å². The molecule has 1 heterocycles. The molecule has 8 heteroatoms. The zero-order valence-electron chi connectivity index (χ0n) is 10.4. The molecule has 1 fully saturated rings. The fourth-order valence-electron chi connectivity index (χ4n) is 1.75. The van der Waals surface area contributed by atoms with Gasteiger partial charge in [-0.05, 0) is 24.3 Å². The maximum Gasteiger partial charge on any atom is 0.324 e. The van der Waals surface area contributed by atoms with Gasteiger partial charge in [-0.3, -0.25) is 9.69 Å². The minimum absolute atomic E-state index is 0.0588. The average Bonchev–Trinajstić information content (AvgIpc) is 2.76. The third-order valence-electron chi connectivity index (χ3n) is 2.86. The molecule has 7 nitrogen and oxygen atoms in total. The minimum Gasteiger partial charge on any atom is -0.329 e. The Morgan fingerprint density at radius 1 is 1.25 bits per heavy atom. The summed E-state index contributed by atoms with van der Waals surface area (Å²) in [6, 6.07) is 6.79. The summed E-state index contributed by atoms with van der Waals surface area (Å²) in [4.78, 5) is 23.6. The Morgan fingerprint density at radius 2 is 1.90 bits per heavy atom. The summed E-state index contributed by atoms with van der Waals surface area (Å²) in [6.45, 7) is -0.289. The van der Waals surface area contributed by atoms with Crippen molar-refractivity contribution in [3.8, 4) is 6.07 Å². The lowest BCUT2D eigenvalue weighted by atomic mass is 10.2. The van der Waals surface area contributed by atoms with Crippen LogP contribution >= 0.6 is 0 Å². The summed E-state index contributed by atoms with van der Waals surface area (Å²) < 4.78 is 24.1. The molecule has 0 bridgehead atoms. The van der Waals surface area contributed by atoms with E-state index in [1.54, 1.807) is 0 Å². The van der Waals surface area contributed by atoms with Gasteiger partial charge in [0.2, 0.25) is 5.91 Å². The van der Waals surface area contributed by atoms with E-state index < -0.39 is 21.8 Å². The van der Waals surface area contributed by atoms with Crippen molar-refractivity contribution in [1.29, 1.82) is 5.26 Å². The number of carbonyl (C=O) groups excluding carboxylic acids is 2. The van der Waals surface area contributed by atoms with E-state index in [0.717, 1.165) is 4.90 Å². The number of imide groups is 1. The molecule has 0 unspecified atom stereocenters. The van der Waals surface area contributed by atoms with Gasteiger partial charge in [0.05, 0.1) is 28.8 Å². The van der Waals surface area contributed by atoms with Gasteiger partial charge >= 0.3 is 6.03 Å². The first kappa shape index (κ1) is 14.0. The van der Waals surface area contributed by atoms with Gasteiger partial charge in [-0.25, -0.2) is 13.2 Å². The van der Waals surface area contributed by atoms with Crippen LogP contribution in [0.2, 0.25) is 0 Å². The van der Waals surface area contributed by atoms with E-state index in [2.05, 4.69) is 5.32 Å². The zero-order valence-corrected chi connectivity index (χ0v) is 11.2. The topological polar surface area (TPSA) is 107 Å². The predicted molar refractivity (Wildman–Crippen MR) is 68.3 cm³/mol. The summed E-state index contributed by atoms with van der Waals surface area (Å²) in [7, 11) is -3.60. The molecule has 0 atom stereocenters. The van der Waals surface area contributed by atoms with E-state index in [4.69, 9.17) is 5.26 Å². The second-order valence-electron chi connectivity index (χ2n) is 4.16. The van der Waals surface area contributed by atoms with E-state index in [0.29, 0.717) is 5.56 Å². The van der Waals surface area contributed by atoms with Crippen LogP contribution in [0.15, 0.2) is 29.2 Å². The van der Waals surface area contributed by atoms with Gasteiger partial charge in [0.1, 0.15) is 0 Å². The molecule has 1 N–H and O–H groups in total. The molecule has 0 spiro atoms. The van der Waals surface area contributed by atoms with Crippen molar-refractivity contribution in [2.45, 2.75) is 4.90 Å². The lowest BCUT2D eigenvalue weighted by Gasteiger charge is -2.12. The summed E-state index contributed by atoms with van der Waals surface area (Å²) in [5.41, 5.74) is 0.359. The van der Waals surface area contributed by atoms with Crippen LogP contribution in [0.5, 0.6) is 0 Å². The van der Waals surface area contributed by atoms with E-state index in [9.17, 15) is 18.0 Å². The number of nitrogens with zero attached hydrogens (tertiary/aromatic N) is 2. The molecule has 1 aromatic carbocycles. The number of rotatable bonds is 4. The van der Waals surface area contributed by atoms with E-state index in [-0.39, 0.29) is 23.7 Å². The Labute approximate surface area is 115 Å². The van der Waals surface area contributed by atoms with Crippen molar-refractivity contribution < 1.29 is 18.0 Å². The molecule has 0 saturated carbocycles. The number of hydrogen-bond donors (Lipinski definition) is 1. The lowest BCUT2D eigenvalue weighted by molar-refractivity contribution is -0.124. The minimum atomic E-state index is -3.60. The highest BCUT2D eigenvalue weighted by molar-refractivity contribution is 7.91. The molecule has 1 aromatic rings. The van der Waals surface area contributed by atoms with Gasteiger partial charge in [0.15, 0.2) is 9.84 Å². The first-order valence-corrected chi connectivity index (χ1v) is 7.40. The summed E-state index contributed by atoms with van der Waals surface area (Å²) in [6.07, 6.45) is 0. The van der Waals surface area contributed by atoms with Crippen molar-refractivity contribution in [3.63, 3.8) is 0 Å². The number of amides is 3. The van der Waals surface area contributed by atoms with Crippen molar-refractivity contribution in [2.24, 2.45) is 0 Å². The fourth-order valence-corrected chi connectivity index (χ4v) is 2.96. The van der Waals surface area contributed by atoms with Crippen LogP contribution in [0, 0.1) is 11.3 Å². The van der Waals surface area contributed by atoms with Crippen LogP contribution in [0.4, 0.5) is 4.79 Å². The average molecular weight is 293 g/mol. The quantitative estimate of drug-likeness (QED) is 0.779.